The van der Waals surface area contributed by atoms with E-state index in [1.807, 2.05) is 52.0 Å². The number of nitrogens with one attached hydrogen (secondary N) is 1. The van der Waals surface area contributed by atoms with Crippen LogP contribution in [0.15, 0.2) is 24.3 Å². The molecule has 2 amide bonds. The lowest BCUT2D eigenvalue weighted by atomic mass is 10.2. The fourth-order valence-electron chi connectivity index (χ4n) is 2.76. The number of piperazine rings is 1. The summed E-state index contributed by atoms with van der Waals surface area (Å²) < 4.78 is 5.40. The topological polar surface area (TPSA) is 61.9 Å². The number of hydrogen-bond acceptors (Lipinski definition) is 4. The molecule has 0 aliphatic carbocycles. The van der Waals surface area contributed by atoms with Crippen LogP contribution in [-0.4, -0.2) is 59.6 Å². The molecule has 1 saturated heterocycles. The summed E-state index contributed by atoms with van der Waals surface area (Å²) in [6.45, 7) is 10.2. The van der Waals surface area contributed by atoms with E-state index < -0.39 is 5.60 Å². The van der Waals surface area contributed by atoms with Crippen LogP contribution in [0.2, 0.25) is 5.02 Å². The molecule has 1 aliphatic heterocycles. The van der Waals surface area contributed by atoms with E-state index in [1.54, 1.807) is 4.90 Å². The Balaban J connectivity index is 1.80. The number of ether oxygens (including phenoxy) is 1. The molecule has 1 aromatic rings. The van der Waals surface area contributed by atoms with Crippen molar-refractivity contribution in [1.82, 2.24) is 15.1 Å². The number of nitrogens with zero attached hydrogens (tertiary/aromatic N) is 2. The molecule has 0 bridgehead atoms. The number of rotatable bonds is 4. The van der Waals surface area contributed by atoms with Crippen molar-refractivity contribution in [2.45, 2.75) is 45.9 Å². The second kappa shape index (κ2) is 8.73. The second-order valence-corrected chi connectivity index (χ2v) is 7.90. The Morgan fingerprint density at radius 3 is 2.38 bits per heavy atom. The number of benzene rings is 1. The monoisotopic (exact) mass is 381 g/mol. The lowest BCUT2D eigenvalue weighted by molar-refractivity contribution is -0.126. The van der Waals surface area contributed by atoms with E-state index >= 15 is 0 Å². The molecule has 2 rings (SSSR count). The fraction of sp³-hybridized carbons (Fsp3) is 0.579. The molecule has 0 saturated carbocycles. The van der Waals surface area contributed by atoms with Crippen LogP contribution in [-0.2, 0) is 16.1 Å². The zero-order valence-electron chi connectivity index (χ0n) is 15.9. The summed E-state index contributed by atoms with van der Waals surface area (Å²) in [6.07, 6.45) is -0.298. The Morgan fingerprint density at radius 2 is 1.81 bits per heavy atom. The van der Waals surface area contributed by atoms with Crippen LogP contribution in [0, 0.1) is 0 Å². The molecular formula is C19H28ClN3O3. The van der Waals surface area contributed by atoms with Gasteiger partial charge in [-0.15, -0.1) is 0 Å². The van der Waals surface area contributed by atoms with Crippen molar-refractivity contribution in [3.8, 4) is 0 Å². The van der Waals surface area contributed by atoms with E-state index in [-0.39, 0.29) is 18.0 Å². The Morgan fingerprint density at radius 1 is 1.19 bits per heavy atom. The first-order chi connectivity index (χ1) is 12.2. The smallest absolute Gasteiger partial charge is 0.410 e. The van der Waals surface area contributed by atoms with Gasteiger partial charge in [-0.25, -0.2) is 4.79 Å². The van der Waals surface area contributed by atoms with Crippen LogP contribution in [0.1, 0.15) is 33.3 Å². The highest BCUT2D eigenvalue weighted by atomic mass is 35.5. The van der Waals surface area contributed by atoms with Crippen molar-refractivity contribution in [3.05, 3.63) is 34.9 Å². The summed E-state index contributed by atoms with van der Waals surface area (Å²) in [6, 6.07) is 7.20. The fourth-order valence-corrected chi connectivity index (χ4v) is 2.96. The van der Waals surface area contributed by atoms with Gasteiger partial charge in [0.25, 0.3) is 0 Å². The third-order valence-electron chi connectivity index (χ3n) is 4.30. The molecule has 1 atom stereocenters. The predicted octanol–water partition coefficient (Wildman–Crippen LogP) is 2.90. The summed E-state index contributed by atoms with van der Waals surface area (Å²) in [5.74, 6) is -0.0457. The van der Waals surface area contributed by atoms with Gasteiger partial charge in [0, 0.05) is 37.7 Å². The molecule has 0 spiro atoms. The molecule has 26 heavy (non-hydrogen) atoms. The van der Waals surface area contributed by atoms with E-state index in [2.05, 4.69) is 10.2 Å². The average Bonchev–Trinajstić information content (AvgIpc) is 2.59. The number of amides is 2. The van der Waals surface area contributed by atoms with Crippen LogP contribution in [0.5, 0.6) is 0 Å². The highest BCUT2D eigenvalue weighted by Gasteiger charge is 2.29. The Hall–Kier alpha value is -1.79. The van der Waals surface area contributed by atoms with Crippen LogP contribution in [0.3, 0.4) is 0 Å². The third-order valence-corrected chi connectivity index (χ3v) is 4.67. The summed E-state index contributed by atoms with van der Waals surface area (Å²) >= 11 is 6.12. The van der Waals surface area contributed by atoms with Gasteiger partial charge < -0.3 is 15.0 Å². The molecule has 6 nitrogen and oxygen atoms in total. The largest absolute Gasteiger partial charge is 0.444 e. The Bertz CT molecular complexity index is 637. The van der Waals surface area contributed by atoms with Crippen LogP contribution < -0.4 is 5.32 Å². The minimum atomic E-state index is -0.500. The second-order valence-electron chi connectivity index (χ2n) is 7.49. The number of carbonyl (C=O) groups excluding carboxylic acids is 2. The lowest BCUT2D eigenvalue weighted by Crippen LogP contribution is -2.55. The van der Waals surface area contributed by atoms with E-state index in [4.69, 9.17) is 16.3 Å². The quantitative estimate of drug-likeness (QED) is 0.871. The molecule has 7 heteroatoms. The average molecular weight is 382 g/mol. The molecule has 1 N–H and O–H groups in total. The van der Waals surface area contributed by atoms with Gasteiger partial charge in [0.05, 0.1) is 6.04 Å². The SMILES string of the molecule is CC(C(=O)NCc1ccccc1Cl)N1CCN(C(=O)OC(C)(C)C)CC1. The highest BCUT2D eigenvalue weighted by molar-refractivity contribution is 6.31. The number of hydrogen-bond donors (Lipinski definition) is 1. The van der Waals surface area contributed by atoms with Gasteiger partial charge in [-0.05, 0) is 39.3 Å². The van der Waals surface area contributed by atoms with Gasteiger partial charge in [0.1, 0.15) is 5.60 Å². The predicted molar refractivity (Wildman–Crippen MR) is 102 cm³/mol. The van der Waals surface area contributed by atoms with Gasteiger partial charge >= 0.3 is 6.09 Å². The lowest BCUT2D eigenvalue weighted by Gasteiger charge is -2.37. The third kappa shape index (κ3) is 5.88. The zero-order chi connectivity index (χ0) is 19.3. The van der Waals surface area contributed by atoms with Crippen molar-refractivity contribution < 1.29 is 14.3 Å². The van der Waals surface area contributed by atoms with Gasteiger partial charge in [0.2, 0.25) is 5.91 Å². The standard InChI is InChI=1S/C19H28ClN3O3/c1-14(17(24)21-13-15-7-5-6-8-16(15)20)22-9-11-23(12-10-22)18(25)26-19(2,3)4/h5-8,14H,9-13H2,1-4H3,(H,21,24). The first-order valence-corrected chi connectivity index (χ1v) is 9.28. The number of carbonyl (C=O) groups is 2. The summed E-state index contributed by atoms with van der Waals surface area (Å²) in [5.41, 5.74) is 0.393. The molecule has 0 aromatic heterocycles. The molecule has 144 valence electrons. The van der Waals surface area contributed by atoms with Gasteiger partial charge in [-0.2, -0.15) is 0 Å². The van der Waals surface area contributed by atoms with Crippen molar-refractivity contribution in [2.75, 3.05) is 26.2 Å². The molecule has 1 fully saturated rings. The van der Waals surface area contributed by atoms with E-state index in [0.717, 1.165) is 5.56 Å². The molecule has 1 aromatic carbocycles. The molecule has 1 heterocycles. The van der Waals surface area contributed by atoms with Crippen LogP contribution >= 0.6 is 11.6 Å². The minimum absolute atomic E-state index is 0.0457. The summed E-state index contributed by atoms with van der Waals surface area (Å²) in [7, 11) is 0. The van der Waals surface area contributed by atoms with E-state index in [1.165, 1.54) is 0 Å². The summed E-state index contributed by atoms with van der Waals surface area (Å²) in [4.78, 5) is 28.3. The van der Waals surface area contributed by atoms with Crippen LogP contribution in [0.25, 0.3) is 0 Å². The van der Waals surface area contributed by atoms with Crippen molar-refractivity contribution >= 4 is 23.6 Å². The van der Waals surface area contributed by atoms with Gasteiger partial charge in [-0.3, -0.25) is 9.69 Å². The maximum Gasteiger partial charge on any atom is 0.410 e. The normalized spacial score (nSPS) is 16.9. The van der Waals surface area contributed by atoms with Crippen molar-refractivity contribution in [1.29, 1.82) is 0 Å². The zero-order valence-corrected chi connectivity index (χ0v) is 16.7. The Kier molecular flexibility index (Phi) is 6.89. The first-order valence-electron chi connectivity index (χ1n) is 8.90. The van der Waals surface area contributed by atoms with Crippen molar-refractivity contribution in [2.24, 2.45) is 0 Å². The van der Waals surface area contributed by atoms with Crippen LogP contribution in [0.4, 0.5) is 4.79 Å². The molecular weight excluding hydrogens is 354 g/mol. The number of halogens is 1. The van der Waals surface area contributed by atoms with Gasteiger partial charge in [0.15, 0.2) is 0 Å². The maximum absolute atomic E-state index is 12.4. The minimum Gasteiger partial charge on any atom is -0.444 e. The van der Waals surface area contributed by atoms with E-state index in [0.29, 0.717) is 37.7 Å². The molecule has 0 radical (unpaired) electrons. The summed E-state index contributed by atoms with van der Waals surface area (Å²) in [5, 5.41) is 3.58. The van der Waals surface area contributed by atoms with Gasteiger partial charge in [-0.1, -0.05) is 29.8 Å². The van der Waals surface area contributed by atoms with Crippen molar-refractivity contribution in [3.63, 3.8) is 0 Å². The molecule has 1 aliphatic rings. The first kappa shape index (κ1) is 20.5. The highest BCUT2D eigenvalue weighted by Crippen LogP contribution is 2.15. The Labute approximate surface area is 160 Å². The van der Waals surface area contributed by atoms with E-state index in [9.17, 15) is 9.59 Å². The molecule has 1 unspecified atom stereocenters. The maximum atomic E-state index is 12.4.